The number of amides is 1. The van der Waals surface area contributed by atoms with E-state index in [0.29, 0.717) is 28.0 Å². The molecule has 0 radical (unpaired) electrons. The molecule has 4 rings (SSSR count). The van der Waals surface area contributed by atoms with Gasteiger partial charge in [0, 0.05) is 24.0 Å². The lowest BCUT2D eigenvalue weighted by Crippen LogP contribution is -2.58. The number of carbonyl (C=O) groups is 2. The van der Waals surface area contributed by atoms with Crippen LogP contribution in [0.5, 0.6) is 5.75 Å². The number of fused-ring (bicyclic) bond motifs is 1. The molecule has 0 saturated carbocycles. The summed E-state index contributed by atoms with van der Waals surface area (Å²) in [6.07, 6.45) is -0.506. The first kappa shape index (κ1) is 20.9. The predicted molar refractivity (Wildman–Crippen MR) is 110 cm³/mol. The van der Waals surface area contributed by atoms with Gasteiger partial charge in [-0.15, -0.1) is 0 Å². The number of ether oxygens (including phenoxy) is 2. The van der Waals surface area contributed by atoms with Crippen LogP contribution in [0.3, 0.4) is 0 Å². The average molecular weight is 427 g/mol. The Morgan fingerprint density at radius 2 is 2.06 bits per heavy atom. The molecule has 1 aromatic heterocycles. The van der Waals surface area contributed by atoms with Gasteiger partial charge in [-0.2, -0.15) is 0 Å². The molecule has 7 nitrogen and oxygen atoms in total. The molecule has 2 heterocycles. The van der Waals surface area contributed by atoms with Crippen molar-refractivity contribution in [2.75, 3.05) is 6.61 Å². The molecule has 1 amide bonds. The van der Waals surface area contributed by atoms with Gasteiger partial charge >= 0.3 is 5.97 Å². The van der Waals surface area contributed by atoms with Crippen molar-refractivity contribution in [2.45, 2.75) is 38.5 Å². The Morgan fingerprint density at radius 3 is 2.74 bits per heavy atom. The van der Waals surface area contributed by atoms with Crippen molar-refractivity contribution < 1.29 is 33.0 Å². The van der Waals surface area contributed by atoms with Crippen molar-refractivity contribution in [1.29, 1.82) is 0 Å². The summed E-state index contributed by atoms with van der Waals surface area (Å²) in [7, 11) is 0. The summed E-state index contributed by atoms with van der Waals surface area (Å²) in [5.41, 5.74) is -0.416. The average Bonchev–Trinajstić information content (AvgIpc) is 3.26. The maximum absolute atomic E-state index is 13.8. The Bertz CT molecular complexity index is 1160. The van der Waals surface area contributed by atoms with Gasteiger partial charge in [-0.3, -0.25) is 4.79 Å². The number of carbonyl (C=O) groups excluding carboxylic acids is 1. The summed E-state index contributed by atoms with van der Waals surface area (Å²) in [5.74, 6) is -1.30. The number of hydrogen-bond acceptors (Lipinski definition) is 5. The fraction of sp³-hybridized carbons (Fsp3) is 0.304. The quantitative estimate of drug-likeness (QED) is 0.621. The summed E-state index contributed by atoms with van der Waals surface area (Å²) in [6.45, 7) is 3.52. The predicted octanol–water partition coefficient (Wildman–Crippen LogP) is 3.82. The van der Waals surface area contributed by atoms with Crippen molar-refractivity contribution in [2.24, 2.45) is 0 Å². The number of rotatable bonds is 6. The van der Waals surface area contributed by atoms with E-state index >= 15 is 0 Å². The highest BCUT2D eigenvalue weighted by atomic mass is 19.1. The number of aliphatic carboxylic acids is 1. The van der Waals surface area contributed by atoms with Gasteiger partial charge in [-0.25, -0.2) is 9.18 Å². The Morgan fingerprint density at radius 1 is 1.29 bits per heavy atom. The molecule has 0 aliphatic carbocycles. The normalized spacial score (nSPS) is 20.7. The largest absolute Gasteiger partial charge is 0.489 e. The lowest BCUT2D eigenvalue weighted by molar-refractivity contribution is -0.146. The van der Waals surface area contributed by atoms with Crippen LogP contribution in [0.25, 0.3) is 11.0 Å². The van der Waals surface area contributed by atoms with E-state index in [0.717, 1.165) is 0 Å². The van der Waals surface area contributed by atoms with Crippen molar-refractivity contribution in [3.8, 4) is 5.75 Å². The zero-order chi connectivity index (χ0) is 22.2. The van der Waals surface area contributed by atoms with E-state index in [1.807, 2.05) is 0 Å². The maximum Gasteiger partial charge on any atom is 0.332 e. The van der Waals surface area contributed by atoms with Gasteiger partial charge in [-0.1, -0.05) is 18.2 Å². The molecule has 162 valence electrons. The number of nitrogens with one attached hydrogen (secondary N) is 1. The molecule has 0 spiro atoms. The monoisotopic (exact) mass is 427 g/mol. The van der Waals surface area contributed by atoms with Crippen LogP contribution in [-0.2, 0) is 16.1 Å². The van der Waals surface area contributed by atoms with E-state index in [4.69, 9.17) is 13.9 Å². The lowest BCUT2D eigenvalue weighted by Gasteiger charge is -2.28. The van der Waals surface area contributed by atoms with Crippen LogP contribution in [0.15, 0.2) is 46.9 Å². The van der Waals surface area contributed by atoms with E-state index in [1.165, 1.54) is 6.07 Å². The van der Waals surface area contributed by atoms with Gasteiger partial charge in [0.15, 0.2) is 5.54 Å². The summed E-state index contributed by atoms with van der Waals surface area (Å²) in [5, 5.41) is 12.9. The van der Waals surface area contributed by atoms with Gasteiger partial charge in [-0.05, 0) is 38.1 Å². The Balaban J connectivity index is 1.62. The van der Waals surface area contributed by atoms with Crippen LogP contribution >= 0.6 is 0 Å². The summed E-state index contributed by atoms with van der Waals surface area (Å²) < 4.78 is 30.6. The highest BCUT2D eigenvalue weighted by Crippen LogP contribution is 2.32. The number of aryl methyl sites for hydroxylation is 1. The second-order valence-electron chi connectivity index (χ2n) is 7.56. The minimum Gasteiger partial charge on any atom is -0.489 e. The topological polar surface area (TPSA) is 98.0 Å². The Kier molecular flexibility index (Phi) is 5.41. The first-order chi connectivity index (χ1) is 14.8. The molecule has 1 fully saturated rings. The van der Waals surface area contributed by atoms with Crippen molar-refractivity contribution in [3.63, 3.8) is 0 Å². The second kappa shape index (κ2) is 8.03. The molecule has 2 N–H and O–H groups in total. The highest BCUT2D eigenvalue weighted by molar-refractivity contribution is 6.09. The SMILES string of the molecule is Cc1oc2ccc(OCc3ccccc3F)cc2c1C(=O)NC1(C(=O)O)CCOC1C. The molecule has 1 saturated heterocycles. The molecular weight excluding hydrogens is 405 g/mol. The van der Waals surface area contributed by atoms with Crippen LogP contribution in [0.4, 0.5) is 4.39 Å². The smallest absolute Gasteiger partial charge is 0.332 e. The van der Waals surface area contributed by atoms with Crippen LogP contribution in [0.1, 0.15) is 35.0 Å². The van der Waals surface area contributed by atoms with Crippen molar-refractivity contribution >= 4 is 22.8 Å². The molecule has 2 unspecified atom stereocenters. The first-order valence-corrected chi connectivity index (χ1v) is 9.88. The van der Waals surface area contributed by atoms with E-state index < -0.39 is 23.5 Å². The standard InChI is InChI=1S/C23H22FNO6/c1-13-20(21(26)25-23(22(27)28)9-10-29-14(23)2)17-11-16(7-8-19(17)31-13)30-12-15-5-3-4-6-18(15)24/h3-8,11,14H,9-10,12H2,1-2H3,(H,25,26)(H,27,28). The molecule has 2 aromatic carbocycles. The van der Waals surface area contributed by atoms with Gasteiger partial charge in [0.25, 0.3) is 5.91 Å². The summed E-state index contributed by atoms with van der Waals surface area (Å²) in [6, 6.07) is 11.3. The van der Waals surface area contributed by atoms with Gasteiger partial charge in [0.05, 0.1) is 11.7 Å². The molecule has 1 aliphatic heterocycles. The molecular formula is C23H22FNO6. The van der Waals surface area contributed by atoms with Crippen LogP contribution in [-0.4, -0.2) is 35.2 Å². The summed E-state index contributed by atoms with van der Waals surface area (Å²) in [4.78, 5) is 25.0. The Labute approximate surface area is 177 Å². The molecule has 8 heteroatoms. The lowest BCUT2D eigenvalue weighted by atomic mass is 9.91. The third-order valence-electron chi connectivity index (χ3n) is 5.69. The van der Waals surface area contributed by atoms with E-state index in [9.17, 15) is 19.1 Å². The number of furan rings is 1. The number of halogens is 1. The van der Waals surface area contributed by atoms with Gasteiger partial charge in [0.2, 0.25) is 0 Å². The number of hydrogen-bond donors (Lipinski definition) is 2. The van der Waals surface area contributed by atoms with Gasteiger partial charge < -0.3 is 24.3 Å². The maximum atomic E-state index is 13.8. The third kappa shape index (κ3) is 3.74. The van der Waals surface area contributed by atoms with Crippen LogP contribution < -0.4 is 10.1 Å². The Hall–Kier alpha value is -3.39. The van der Waals surface area contributed by atoms with E-state index in [2.05, 4.69) is 5.32 Å². The molecule has 2 atom stereocenters. The molecule has 0 bridgehead atoms. The molecule has 3 aromatic rings. The van der Waals surface area contributed by atoms with E-state index in [1.54, 1.807) is 50.2 Å². The number of carboxylic acids is 1. The first-order valence-electron chi connectivity index (χ1n) is 9.88. The minimum atomic E-state index is -1.51. The molecule has 1 aliphatic rings. The number of carboxylic acid groups (broad SMARTS) is 1. The van der Waals surface area contributed by atoms with E-state index in [-0.39, 0.29) is 31.0 Å². The zero-order valence-corrected chi connectivity index (χ0v) is 17.1. The minimum absolute atomic E-state index is 0.0214. The fourth-order valence-corrected chi connectivity index (χ4v) is 3.85. The van der Waals surface area contributed by atoms with Crippen molar-refractivity contribution in [3.05, 3.63) is 65.2 Å². The highest BCUT2D eigenvalue weighted by Gasteiger charge is 2.50. The molecule has 31 heavy (non-hydrogen) atoms. The van der Waals surface area contributed by atoms with Crippen LogP contribution in [0.2, 0.25) is 0 Å². The van der Waals surface area contributed by atoms with Crippen LogP contribution in [0, 0.1) is 12.7 Å². The fourth-order valence-electron chi connectivity index (χ4n) is 3.85. The third-order valence-corrected chi connectivity index (χ3v) is 5.69. The zero-order valence-electron chi connectivity index (χ0n) is 17.1. The number of benzene rings is 2. The van der Waals surface area contributed by atoms with Gasteiger partial charge in [0.1, 0.15) is 29.5 Å². The van der Waals surface area contributed by atoms with Crippen molar-refractivity contribution in [1.82, 2.24) is 5.32 Å². The summed E-state index contributed by atoms with van der Waals surface area (Å²) >= 11 is 0. The second-order valence-corrected chi connectivity index (χ2v) is 7.56.